The second-order valence-corrected chi connectivity index (χ2v) is 7.89. The molecule has 2 N–H and O–H groups in total. The lowest BCUT2D eigenvalue weighted by Gasteiger charge is -2.36. The molecule has 8 nitrogen and oxygen atoms in total. The van der Waals surface area contributed by atoms with Gasteiger partial charge in [-0.3, -0.25) is 23.8 Å². The Bertz CT molecular complexity index is 969. The van der Waals surface area contributed by atoms with E-state index in [1.807, 2.05) is 0 Å². The van der Waals surface area contributed by atoms with E-state index >= 15 is 0 Å². The summed E-state index contributed by atoms with van der Waals surface area (Å²) >= 11 is -2.19. The summed E-state index contributed by atoms with van der Waals surface area (Å²) in [7, 11) is 0. The van der Waals surface area contributed by atoms with Crippen LogP contribution in [0.1, 0.15) is 35.7 Å². The summed E-state index contributed by atoms with van der Waals surface area (Å²) in [6, 6.07) is 0.772. The Labute approximate surface area is 179 Å². The highest BCUT2D eigenvalue weighted by Gasteiger charge is 2.37. The van der Waals surface area contributed by atoms with E-state index in [0.29, 0.717) is 29.7 Å². The number of pyridine rings is 1. The number of rotatable bonds is 4. The SMILES string of the molecule is CC1=C(NS(=O)O)CCC(C(=O)N2CCN(C(=O)c3cnccc3C(F)(F)F)CC2)=C1. The molecular formula is C19H21F3N4O4S. The summed E-state index contributed by atoms with van der Waals surface area (Å²) in [5, 5.41) is 0. The normalized spacial score (nSPS) is 18.5. The lowest BCUT2D eigenvalue weighted by molar-refractivity contribution is -0.138. The number of aromatic nitrogens is 1. The van der Waals surface area contributed by atoms with Crippen molar-refractivity contribution in [2.24, 2.45) is 0 Å². The molecule has 31 heavy (non-hydrogen) atoms. The van der Waals surface area contributed by atoms with Gasteiger partial charge in [0.2, 0.25) is 5.91 Å². The van der Waals surface area contributed by atoms with Crippen LogP contribution in [-0.2, 0) is 22.2 Å². The molecule has 0 radical (unpaired) electrons. The number of nitrogens with zero attached hydrogens (tertiary/aromatic N) is 3. The van der Waals surface area contributed by atoms with Gasteiger partial charge in [-0.1, -0.05) is 0 Å². The Morgan fingerprint density at radius 2 is 1.74 bits per heavy atom. The van der Waals surface area contributed by atoms with Crippen molar-refractivity contribution in [1.29, 1.82) is 0 Å². The monoisotopic (exact) mass is 458 g/mol. The summed E-state index contributed by atoms with van der Waals surface area (Å²) < 4.78 is 61.8. The number of hydrogen-bond donors (Lipinski definition) is 2. The van der Waals surface area contributed by atoms with Gasteiger partial charge in [-0.2, -0.15) is 13.2 Å². The Kier molecular flexibility index (Phi) is 6.80. The smallest absolute Gasteiger partial charge is 0.335 e. The van der Waals surface area contributed by atoms with Crippen LogP contribution < -0.4 is 4.72 Å². The van der Waals surface area contributed by atoms with Crippen LogP contribution in [0.4, 0.5) is 13.2 Å². The van der Waals surface area contributed by atoms with E-state index in [-0.39, 0.29) is 32.1 Å². The van der Waals surface area contributed by atoms with Crippen LogP contribution in [0.2, 0.25) is 0 Å². The molecule has 0 bridgehead atoms. The average Bonchev–Trinajstić information content (AvgIpc) is 2.73. The molecule has 1 aromatic rings. The van der Waals surface area contributed by atoms with E-state index < -0.39 is 34.5 Å². The van der Waals surface area contributed by atoms with E-state index in [0.717, 1.165) is 18.5 Å². The molecule has 12 heteroatoms. The molecular weight excluding hydrogens is 437 g/mol. The van der Waals surface area contributed by atoms with Crippen LogP contribution in [0.3, 0.4) is 0 Å². The summed E-state index contributed by atoms with van der Waals surface area (Å²) in [5.74, 6) is -0.983. The van der Waals surface area contributed by atoms with E-state index in [1.54, 1.807) is 17.9 Å². The number of hydrogen-bond acceptors (Lipinski definition) is 4. The molecule has 1 aromatic heterocycles. The number of alkyl halides is 3. The van der Waals surface area contributed by atoms with Crippen molar-refractivity contribution in [1.82, 2.24) is 19.5 Å². The molecule has 1 atom stereocenters. The highest BCUT2D eigenvalue weighted by molar-refractivity contribution is 7.77. The Hall–Kier alpha value is -2.73. The van der Waals surface area contributed by atoms with Gasteiger partial charge >= 0.3 is 6.18 Å². The van der Waals surface area contributed by atoms with Crippen molar-refractivity contribution in [2.45, 2.75) is 25.9 Å². The maximum absolute atomic E-state index is 13.2. The quantitative estimate of drug-likeness (QED) is 0.673. The van der Waals surface area contributed by atoms with Gasteiger partial charge in [0.05, 0.1) is 11.1 Å². The van der Waals surface area contributed by atoms with E-state index in [4.69, 9.17) is 4.55 Å². The molecule has 2 aliphatic rings. The van der Waals surface area contributed by atoms with Gasteiger partial charge in [-0.25, -0.2) is 4.21 Å². The zero-order valence-corrected chi connectivity index (χ0v) is 17.4. The molecule has 1 saturated heterocycles. The second kappa shape index (κ2) is 9.18. The van der Waals surface area contributed by atoms with Crippen LogP contribution in [-0.4, -0.2) is 61.5 Å². The molecule has 0 aromatic carbocycles. The summed E-state index contributed by atoms with van der Waals surface area (Å²) in [6.45, 7) is 2.32. The topological polar surface area (TPSA) is 103 Å². The lowest BCUT2D eigenvalue weighted by Crippen LogP contribution is -2.51. The largest absolute Gasteiger partial charge is 0.417 e. The number of allylic oxidation sites excluding steroid dienone is 3. The predicted molar refractivity (Wildman–Crippen MR) is 106 cm³/mol. The van der Waals surface area contributed by atoms with Crippen molar-refractivity contribution < 1.29 is 31.5 Å². The molecule has 1 fully saturated rings. The van der Waals surface area contributed by atoms with Crippen LogP contribution >= 0.6 is 0 Å². The van der Waals surface area contributed by atoms with Gasteiger partial charge in [0.25, 0.3) is 17.2 Å². The molecule has 1 aliphatic carbocycles. The van der Waals surface area contributed by atoms with E-state index in [2.05, 4.69) is 9.71 Å². The molecule has 168 valence electrons. The minimum absolute atomic E-state index is 0.106. The maximum atomic E-state index is 13.2. The fourth-order valence-electron chi connectivity index (χ4n) is 3.58. The van der Waals surface area contributed by atoms with E-state index in [1.165, 1.54) is 4.90 Å². The summed E-state index contributed by atoms with van der Waals surface area (Å²) in [5.41, 5.74) is 0.269. The molecule has 2 heterocycles. The second-order valence-electron chi connectivity index (χ2n) is 7.19. The molecule has 2 amide bonds. The maximum Gasteiger partial charge on any atom is 0.417 e. The van der Waals surface area contributed by atoms with Gasteiger partial charge in [0.1, 0.15) is 0 Å². The summed E-state index contributed by atoms with van der Waals surface area (Å²) in [6.07, 6.45) is -0.307. The Morgan fingerprint density at radius 3 is 2.29 bits per heavy atom. The fraction of sp³-hybridized carbons (Fsp3) is 0.421. The van der Waals surface area contributed by atoms with Gasteiger partial charge in [0, 0.05) is 49.8 Å². The standard InChI is InChI=1S/C19H21F3N4O4S/c1-12-10-13(2-3-16(12)24-31(29)30)17(27)25-6-8-26(9-7-25)18(28)14-11-23-5-4-15(14)19(20,21)22/h4-5,10-11,24H,2-3,6-9H2,1H3,(H,29,30). The van der Waals surface area contributed by atoms with Crippen LogP contribution in [0.5, 0.6) is 0 Å². The minimum Gasteiger partial charge on any atom is -0.335 e. The third-order valence-corrected chi connectivity index (χ3v) is 5.63. The highest BCUT2D eigenvalue weighted by atomic mass is 32.2. The Morgan fingerprint density at radius 1 is 1.13 bits per heavy atom. The molecule has 1 aliphatic heterocycles. The first kappa shape index (κ1) is 22.9. The average molecular weight is 458 g/mol. The van der Waals surface area contributed by atoms with Gasteiger partial charge in [-0.05, 0) is 37.5 Å². The lowest BCUT2D eigenvalue weighted by atomic mass is 9.96. The zero-order chi connectivity index (χ0) is 22.8. The molecule has 3 rings (SSSR count). The van der Waals surface area contributed by atoms with Gasteiger partial charge in [-0.15, -0.1) is 0 Å². The van der Waals surface area contributed by atoms with Crippen LogP contribution in [0.15, 0.2) is 41.4 Å². The zero-order valence-electron chi connectivity index (χ0n) is 16.6. The molecule has 0 spiro atoms. The molecule has 1 unspecified atom stereocenters. The van der Waals surface area contributed by atoms with Crippen LogP contribution in [0, 0.1) is 0 Å². The third-order valence-electron chi connectivity index (χ3n) is 5.21. The number of carbonyl (C=O) groups is 2. The van der Waals surface area contributed by atoms with Crippen molar-refractivity contribution in [3.63, 3.8) is 0 Å². The summed E-state index contributed by atoms with van der Waals surface area (Å²) in [4.78, 5) is 31.9. The number of halogens is 3. The van der Waals surface area contributed by atoms with Crippen molar-refractivity contribution in [3.05, 3.63) is 52.5 Å². The fourth-order valence-corrected chi connectivity index (χ4v) is 4.06. The van der Waals surface area contributed by atoms with E-state index in [9.17, 15) is 27.0 Å². The van der Waals surface area contributed by atoms with Gasteiger partial charge < -0.3 is 9.80 Å². The third kappa shape index (κ3) is 5.31. The first-order chi connectivity index (χ1) is 14.6. The Balaban J connectivity index is 1.65. The minimum atomic E-state index is -4.67. The van der Waals surface area contributed by atoms with Crippen LogP contribution in [0.25, 0.3) is 0 Å². The number of nitrogens with one attached hydrogen (secondary N) is 1. The number of carbonyl (C=O) groups excluding carboxylic acids is 2. The first-order valence-electron chi connectivity index (χ1n) is 9.45. The number of piperazine rings is 1. The highest BCUT2D eigenvalue weighted by Crippen LogP contribution is 2.32. The number of amides is 2. The van der Waals surface area contributed by atoms with Crippen molar-refractivity contribution in [3.8, 4) is 0 Å². The molecule has 0 saturated carbocycles. The predicted octanol–water partition coefficient (Wildman–Crippen LogP) is 2.11. The van der Waals surface area contributed by atoms with Crippen molar-refractivity contribution in [2.75, 3.05) is 26.2 Å². The first-order valence-corrected chi connectivity index (χ1v) is 10.6. The van der Waals surface area contributed by atoms with Crippen molar-refractivity contribution >= 4 is 23.1 Å². The van der Waals surface area contributed by atoms with Gasteiger partial charge in [0.15, 0.2) is 0 Å².